The number of rotatable bonds is 11. The van der Waals surface area contributed by atoms with Crippen LogP contribution in [0.4, 0.5) is 0 Å². The van der Waals surface area contributed by atoms with Crippen LogP contribution in [0.15, 0.2) is 65.7 Å². The monoisotopic (exact) mass is 520 g/mol. The van der Waals surface area contributed by atoms with E-state index in [-0.39, 0.29) is 12.0 Å². The summed E-state index contributed by atoms with van der Waals surface area (Å²) in [5, 5.41) is 10.2. The van der Waals surface area contributed by atoms with Gasteiger partial charge in [0.1, 0.15) is 24.2 Å². The molecule has 0 amide bonds. The minimum Gasteiger partial charge on any atom is -0.492 e. The highest BCUT2D eigenvalue weighted by Crippen LogP contribution is 2.36. The fourth-order valence-corrected chi connectivity index (χ4v) is 3.88. The highest BCUT2D eigenvalue weighted by atomic mass is 79.9. The Morgan fingerprint density at radius 3 is 2.44 bits per heavy atom. The molecule has 7 heteroatoms. The summed E-state index contributed by atoms with van der Waals surface area (Å²) in [6.45, 7) is 7.70. The molecule has 0 aliphatic rings. The van der Waals surface area contributed by atoms with Gasteiger partial charge in [0.25, 0.3) is 0 Å². The third-order valence-corrected chi connectivity index (χ3v) is 6.59. The second-order valence-electron chi connectivity index (χ2n) is 8.59. The number of ether oxygens (including phenoxy) is 2. The van der Waals surface area contributed by atoms with E-state index in [0.717, 1.165) is 16.0 Å². The van der Waals surface area contributed by atoms with Crippen LogP contribution in [0, 0.1) is 5.92 Å². The Morgan fingerprint density at radius 2 is 1.81 bits per heavy atom. The van der Waals surface area contributed by atoms with E-state index in [9.17, 15) is 5.11 Å². The average Bonchev–Trinajstić information content (AvgIpc) is 3.29. The quantitative estimate of drug-likeness (QED) is 0.331. The first-order chi connectivity index (χ1) is 15.3. The largest absolute Gasteiger partial charge is 0.492 e. The molecule has 172 valence electrons. The Morgan fingerprint density at radius 1 is 1.09 bits per heavy atom. The van der Waals surface area contributed by atoms with Gasteiger partial charge >= 0.3 is 0 Å². The molecule has 0 aliphatic heterocycles. The maximum absolute atomic E-state index is 10.2. The number of alkyl halides is 1. The van der Waals surface area contributed by atoms with Crippen LogP contribution in [0.1, 0.15) is 31.9 Å². The molecular formula is C25H30BrClN2O3. The number of benzene rings is 2. The highest BCUT2D eigenvalue weighted by Gasteiger charge is 2.24. The number of aliphatic hydroxyl groups is 1. The van der Waals surface area contributed by atoms with E-state index in [1.165, 1.54) is 11.1 Å². The Hall–Kier alpha value is -2.02. The van der Waals surface area contributed by atoms with Crippen LogP contribution in [0.3, 0.4) is 0 Å². The summed E-state index contributed by atoms with van der Waals surface area (Å²) in [5.74, 6) is 2.42. The molecular weight excluding hydrogens is 492 g/mol. The number of aliphatic hydroxyl groups excluding tert-OH is 1. The van der Waals surface area contributed by atoms with Crippen molar-refractivity contribution in [1.29, 1.82) is 0 Å². The molecule has 3 rings (SSSR count). The lowest BCUT2D eigenvalue weighted by Crippen LogP contribution is -2.23. The molecule has 1 heterocycles. The van der Waals surface area contributed by atoms with Crippen molar-refractivity contribution in [3.63, 3.8) is 0 Å². The van der Waals surface area contributed by atoms with Gasteiger partial charge in [0.2, 0.25) is 0 Å². The summed E-state index contributed by atoms with van der Waals surface area (Å²) in [7, 11) is 0. The van der Waals surface area contributed by atoms with Crippen LogP contribution >= 0.6 is 27.5 Å². The molecule has 3 aromatic rings. The molecule has 5 nitrogen and oxygen atoms in total. The van der Waals surface area contributed by atoms with Gasteiger partial charge in [-0.2, -0.15) is 0 Å². The van der Waals surface area contributed by atoms with Crippen molar-refractivity contribution in [2.24, 2.45) is 5.92 Å². The van der Waals surface area contributed by atoms with Crippen molar-refractivity contribution in [3.05, 3.63) is 76.8 Å². The molecule has 32 heavy (non-hydrogen) atoms. The third-order valence-electron chi connectivity index (χ3n) is 5.44. The number of aromatic nitrogens is 2. The molecule has 0 saturated heterocycles. The smallest absolute Gasteiger partial charge is 0.133 e. The third kappa shape index (κ3) is 6.50. The molecule has 2 atom stereocenters. The maximum atomic E-state index is 10.2. The number of imidazole rings is 1. The van der Waals surface area contributed by atoms with Gasteiger partial charge in [-0.15, -0.1) is 11.6 Å². The average molecular weight is 522 g/mol. The van der Waals surface area contributed by atoms with Gasteiger partial charge in [-0.25, -0.2) is 4.98 Å². The normalized spacial score (nSPS) is 13.6. The Labute approximate surface area is 203 Å². The fraction of sp³-hybridized carbons (Fsp3) is 0.400. The predicted molar refractivity (Wildman–Crippen MR) is 132 cm³/mol. The number of nitrogens with zero attached hydrogens (tertiary/aromatic N) is 2. The van der Waals surface area contributed by atoms with Gasteiger partial charge in [0.15, 0.2) is 0 Å². The minimum atomic E-state index is -0.606. The van der Waals surface area contributed by atoms with Gasteiger partial charge in [-0.05, 0) is 51.3 Å². The summed E-state index contributed by atoms with van der Waals surface area (Å²) in [4.78, 5) is 3.98. The van der Waals surface area contributed by atoms with E-state index in [2.05, 4.69) is 66.0 Å². The molecule has 0 aliphatic carbocycles. The van der Waals surface area contributed by atoms with Crippen LogP contribution < -0.4 is 9.47 Å². The minimum absolute atomic E-state index is 0.204. The second kappa shape index (κ2) is 11.2. The van der Waals surface area contributed by atoms with Gasteiger partial charge < -0.3 is 19.1 Å². The standard InChI is InChI=1S/C25H30BrClN2O3/c1-18(13-27)15-32-24-9-6-20(12-23(24)26)25(2,3)19-4-7-22(8-5-19)31-16-21(30)14-29-11-10-28-17-29/h4-12,17-18,21,30H,13-16H2,1-3H3/t18-,21+/m1/s1. The molecule has 0 fully saturated rings. The number of hydrogen-bond donors (Lipinski definition) is 1. The Balaban J connectivity index is 1.62. The highest BCUT2D eigenvalue weighted by molar-refractivity contribution is 9.10. The zero-order chi connectivity index (χ0) is 23.1. The molecule has 0 bridgehead atoms. The summed E-state index contributed by atoms with van der Waals surface area (Å²) in [6.07, 6.45) is 4.58. The second-order valence-corrected chi connectivity index (χ2v) is 9.75. The van der Waals surface area contributed by atoms with Crippen molar-refractivity contribution < 1.29 is 14.6 Å². The van der Waals surface area contributed by atoms with Crippen LogP contribution in [0.5, 0.6) is 11.5 Å². The van der Waals surface area contributed by atoms with Gasteiger partial charge in [0.05, 0.1) is 24.0 Å². The topological polar surface area (TPSA) is 56.5 Å². The first-order valence-corrected chi connectivity index (χ1v) is 12.0. The number of halogens is 2. The molecule has 1 N–H and O–H groups in total. The van der Waals surface area contributed by atoms with Crippen molar-refractivity contribution >= 4 is 27.5 Å². The van der Waals surface area contributed by atoms with Crippen LogP contribution in [0.25, 0.3) is 0 Å². The van der Waals surface area contributed by atoms with Crippen molar-refractivity contribution in [2.75, 3.05) is 19.1 Å². The zero-order valence-corrected chi connectivity index (χ0v) is 21.0. The molecule has 0 unspecified atom stereocenters. The van der Waals surface area contributed by atoms with E-state index in [1.807, 2.05) is 29.0 Å². The van der Waals surface area contributed by atoms with E-state index >= 15 is 0 Å². The maximum Gasteiger partial charge on any atom is 0.133 e. The van der Waals surface area contributed by atoms with Gasteiger partial charge in [-0.3, -0.25) is 0 Å². The Kier molecular flexibility index (Phi) is 8.63. The lowest BCUT2D eigenvalue weighted by atomic mass is 9.78. The van der Waals surface area contributed by atoms with Crippen molar-refractivity contribution in [3.8, 4) is 11.5 Å². The van der Waals surface area contributed by atoms with E-state index in [1.54, 1.807) is 12.5 Å². The molecule has 1 aromatic heterocycles. The lowest BCUT2D eigenvalue weighted by molar-refractivity contribution is 0.0924. The van der Waals surface area contributed by atoms with Crippen LogP contribution in [0.2, 0.25) is 0 Å². The fourth-order valence-electron chi connectivity index (χ4n) is 3.30. The van der Waals surface area contributed by atoms with Gasteiger partial charge in [0, 0.05) is 29.6 Å². The van der Waals surface area contributed by atoms with E-state index < -0.39 is 6.10 Å². The predicted octanol–water partition coefficient (Wildman–Crippen LogP) is 5.67. The van der Waals surface area contributed by atoms with E-state index in [0.29, 0.717) is 24.9 Å². The first-order valence-electron chi connectivity index (χ1n) is 10.7. The first kappa shape index (κ1) is 24.6. The van der Waals surface area contributed by atoms with E-state index in [4.69, 9.17) is 21.1 Å². The van der Waals surface area contributed by atoms with Crippen LogP contribution in [-0.2, 0) is 12.0 Å². The van der Waals surface area contributed by atoms with Gasteiger partial charge in [-0.1, -0.05) is 39.0 Å². The Bertz CT molecular complexity index is 977. The molecule has 0 spiro atoms. The molecule has 0 radical (unpaired) electrons. The molecule has 2 aromatic carbocycles. The van der Waals surface area contributed by atoms with Crippen LogP contribution in [-0.4, -0.2) is 39.9 Å². The summed E-state index contributed by atoms with van der Waals surface area (Å²) < 4.78 is 14.4. The summed E-state index contributed by atoms with van der Waals surface area (Å²) >= 11 is 9.51. The molecule has 0 saturated carbocycles. The van der Waals surface area contributed by atoms with Crippen molar-refractivity contribution in [2.45, 2.75) is 38.8 Å². The zero-order valence-electron chi connectivity index (χ0n) is 18.7. The summed E-state index contributed by atoms with van der Waals surface area (Å²) in [6, 6.07) is 14.2. The summed E-state index contributed by atoms with van der Waals surface area (Å²) in [5.41, 5.74) is 2.14. The lowest BCUT2D eigenvalue weighted by Gasteiger charge is -2.27. The number of hydrogen-bond acceptors (Lipinski definition) is 4. The SMILES string of the molecule is C[C@H](CCl)COc1ccc(C(C)(C)c2ccc(OC[C@@H](O)Cn3ccnc3)cc2)cc1Br. The van der Waals surface area contributed by atoms with Crippen molar-refractivity contribution in [1.82, 2.24) is 9.55 Å².